The van der Waals surface area contributed by atoms with Gasteiger partial charge in [-0.3, -0.25) is 0 Å². The smallest absolute Gasteiger partial charge is 0.169 e. The highest BCUT2D eigenvalue weighted by Crippen LogP contribution is 2.26. The van der Waals surface area contributed by atoms with Gasteiger partial charge in [-0.25, -0.2) is 4.39 Å². The van der Waals surface area contributed by atoms with Gasteiger partial charge in [-0.05, 0) is 41.0 Å². The summed E-state index contributed by atoms with van der Waals surface area (Å²) in [4.78, 5) is 0. The molecule has 2 heterocycles. The Bertz CT molecular complexity index is 294. The lowest BCUT2D eigenvalue weighted by atomic mass is 10.00. The van der Waals surface area contributed by atoms with E-state index in [1.165, 1.54) is 0 Å². The van der Waals surface area contributed by atoms with E-state index in [4.69, 9.17) is 4.42 Å². The van der Waals surface area contributed by atoms with Crippen LogP contribution >= 0.6 is 15.9 Å². The Morgan fingerprint density at radius 1 is 1.62 bits per heavy atom. The zero-order valence-corrected chi connectivity index (χ0v) is 8.73. The van der Waals surface area contributed by atoms with Gasteiger partial charge in [0, 0.05) is 13.0 Å². The Hall–Kier alpha value is -0.350. The summed E-state index contributed by atoms with van der Waals surface area (Å²) in [5.74, 6) is 0.707. The quantitative estimate of drug-likeness (QED) is 0.868. The third-order valence-corrected chi connectivity index (χ3v) is 2.74. The van der Waals surface area contributed by atoms with Crippen molar-refractivity contribution in [2.75, 3.05) is 13.1 Å². The van der Waals surface area contributed by atoms with Crippen LogP contribution in [0, 0.1) is 0 Å². The van der Waals surface area contributed by atoms with Crippen LogP contribution in [-0.4, -0.2) is 18.8 Å². The SMILES string of the molecule is FC1(Cc2ccc(Br)o2)CCNC1. The van der Waals surface area contributed by atoms with Gasteiger partial charge in [0.1, 0.15) is 11.4 Å². The molecule has 1 aliphatic rings. The minimum absolute atomic E-state index is 0.367. The van der Waals surface area contributed by atoms with Crippen molar-refractivity contribution in [2.45, 2.75) is 18.5 Å². The average Bonchev–Trinajstić information content (AvgIpc) is 2.62. The number of hydrogen-bond acceptors (Lipinski definition) is 2. The molecule has 1 atom stereocenters. The van der Waals surface area contributed by atoms with Crippen molar-refractivity contribution in [1.29, 1.82) is 0 Å². The van der Waals surface area contributed by atoms with Crippen LogP contribution in [0.4, 0.5) is 4.39 Å². The highest BCUT2D eigenvalue weighted by Gasteiger charge is 2.34. The Labute approximate surface area is 84.6 Å². The topological polar surface area (TPSA) is 25.2 Å². The summed E-state index contributed by atoms with van der Waals surface area (Å²) in [7, 11) is 0. The molecular weight excluding hydrogens is 237 g/mol. The maximum Gasteiger partial charge on any atom is 0.169 e. The lowest BCUT2D eigenvalue weighted by molar-refractivity contribution is 0.179. The van der Waals surface area contributed by atoms with Crippen LogP contribution in [0.2, 0.25) is 0 Å². The first kappa shape index (κ1) is 9.21. The van der Waals surface area contributed by atoms with Crippen molar-refractivity contribution in [1.82, 2.24) is 5.32 Å². The molecule has 0 aliphatic carbocycles. The first-order valence-corrected chi connectivity index (χ1v) is 5.11. The molecule has 1 saturated heterocycles. The van der Waals surface area contributed by atoms with E-state index in [1.807, 2.05) is 6.07 Å². The van der Waals surface area contributed by atoms with Gasteiger partial charge in [0.05, 0.1) is 0 Å². The van der Waals surface area contributed by atoms with E-state index in [0.717, 1.165) is 6.54 Å². The van der Waals surface area contributed by atoms with E-state index >= 15 is 0 Å². The van der Waals surface area contributed by atoms with Crippen LogP contribution in [-0.2, 0) is 6.42 Å². The molecule has 0 bridgehead atoms. The lowest BCUT2D eigenvalue weighted by Crippen LogP contribution is -2.28. The Morgan fingerprint density at radius 3 is 3.00 bits per heavy atom. The van der Waals surface area contributed by atoms with Crippen molar-refractivity contribution < 1.29 is 8.81 Å². The van der Waals surface area contributed by atoms with E-state index in [1.54, 1.807) is 6.07 Å². The van der Waals surface area contributed by atoms with Gasteiger partial charge < -0.3 is 9.73 Å². The van der Waals surface area contributed by atoms with Crippen molar-refractivity contribution in [3.05, 3.63) is 22.6 Å². The van der Waals surface area contributed by atoms with Gasteiger partial charge in [-0.15, -0.1) is 0 Å². The molecule has 13 heavy (non-hydrogen) atoms. The third-order valence-electron chi connectivity index (χ3n) is 2.31. The summed E-state index contributed by atoms with van der Waals surface area (Å²) >= 11 is 3.19. The molecule has 0 spiro atoms. The second-order valence-electron chi connectivity index (χ2n) is 3.46. The first-order valence-electron chi connectivity index (χ1n) is 4.32. The number of furan rings is 1. The molecule has 1 aromatic heterocycles. The molecule has 2 rings (SSSR count). The average molecular weight is 248 g/mol. The Morgan fingerprint density at radius 2 is 2.46 bits per heavy atom. The van der Waals surface area contributed by atoms with Gasteiger partial charge in [-0.2, -0.15) is 0 Å². The van der Waals surface area contributed by atoms with E-state index in [-0.39, 0.29) is 0 Å². The fraction of sp³-hybridized carbons (Fsp3) is 0.556. The van der Waals surface area contributed by atoms with E-state index in [0.29, 0.717) is 29.8 Å². The van der Waals surface area contributed by atoms with Crippen LogP contribution in [0.5, 0.6) is 0 Å². The molecule has 1 N–H and O–H groups in total. The molecule has 0 aromatic carbocycles. The van der Waals surface area contributed by atoms with E-state index in [2.05, 4.69) is 21.2 Å². The minimum atomic E-state index is -1.11. The molecule has 72 valence electrons. The summed E-state index contributed by atoms with van der Waals surface area (Å²) < 4.78 is 19.8. The normalized spacial score (nSPS) is 28.2. The fourth-order valence-electron chi connectivity index (χ4n) is 1.62. The summed E-state index contributed by atoms with van der Waals surface area (Å²) in [5, 5.41) is 3.01. The Balaban J connectivity index is 2.04. The zero-order chi connectivity index (χ0) is 9.31. The summed E-state index contributed by atoms with van der Waals surface area (Å²) in [6.45, 7) is 1.20. The van der Waals surface area contributed by atoms with Crippen molar-refractivity contribution in [3.8, 4) is 0 Å². The minimum Gasteiger partial charge on any atom is -0.454 e. The number of halogens is 2. The molecule has 1 fully saturated rings. The van der Waals surface area contributed by atoms with Crippen LogP contribution in [0.25, 0.3) is 0 Å². The number of hydrogen-bond donors (Lipinski definition) is 1. The molecule has 0 radical (unpaired) electrons. The monoisotopic (exact) mass is 247 g/mol. The van der Waals surface area contributed by atoms with Crippen LogP contribution in [0.1, 0.15) is 12.2 Å². The predicted molar refractivity (Wildman–Crippen MR) is 51.4 cm³/mol. The molecule has 4 heteroatoms. The molecule has 0 amide bonds. The highest BCUT2D eigenvalue weighted by atomic mass is 79.9. The molecular formula is C9H11BrFNO. The van der Waals surface area contributed by atoms with Gasteiger partial charge in [0.15, 0.2) is 4.67 Å². The molecule has 1 unspecified atom stereocenters. The van der Waals surface area contributed by atoms with E-state index in [9.17, 15) is 4.39 Å². The van der Waals surface area contributed by atoms with Gasteiger partial charge in [-0.1, -0.05) is 0 Å². The first-order chi connectivity index (χ1) is 6.18. The highest BCUT2D eigenvalue weighted by molar-refractivity contribution is 9.10. The fourth-order valence-corrected chi connectivity index (χ4v) is 1.96. The number of alkyl halides is 1. The van der Waals surface area contributed by atoms with E-state index < -0.39 is 5.67 Å². The van der Waals surface area contributed by atoms with Crippen LogP contribution in [0.3, 0.4) is 0 Å². The summed E-state index contributed by atoms with van der Waals surface area (Å²) in [5.41, 5.74) is -1.11. The molecule has 2 nitrogen and oxygen atoms in total. The maximum atomic E-state index is 13.9. The summed E-state index contributed by atoms with van der Waals surface area (Å²) in [6, 6.07) is 3.60. The van der Waals surface area contributed by atoms with Gasteiger partial charge in [0.25, 0.3) is 0 Å². The molecule has 0 saturated carbocycles. The zero-order valence-electron chi connectivity index (χ0n) is 7.15. The van der Waals surface area contributed by atoms with Crippen LogP contribution < -0.4 is 5.32 Å². The van der Waals surface area contributed by atoms with Crippen molar-refractivity contribution >= 4 is 15.9 Å². The maximum absolute atomic E-state index is 13.9. The van der Waals surface area contributed by atoms with Crippen LogP contribution in [0.15, 0.2) is 21.2 Å². The molecule has 1 aliphatic heterocycles. The molecule has 1 aromatic rings. The Kier molecular flexibility index (Phi) is 2.43. The number of nitrogens with one attached hydrogen (secondary N) is 1. The van der Waals surface area contributed by atoms with Crippen molar-refractivity contribution in [3.63, 3.8) is 0 Å². The third kappa shape index (κ3) is 2.11. The summed E-state index contributed by atoms with van der Waals surface area (Å²) in [6.07, 6.45) is 0.941. The standard InChI is InChI=1S/C9H11BrFNO/c10-8-2-1-7(13-8)5-9(11)3-4-12-6-9/h1-2,12H,3-6H2. The predicted octanol–water partition coefficient (Wildman–Crippen LogP) is 2.29. The van der Waals surface area contributed by atoms with Gasteiger partial charge >= 0.3 is 0 Å². The second kappa shape index (κ2) is 3.42. The second-order valence-corrected chi connectivity index (χ2v) is 4.24. The number of rotatable bonds is 2. The lowest BCUT2D eigenvalue weighted by Gasteiger charge is -2.15. The largest absolute Gasteiger partial charge is 0.454 e. The van der Waals surface area contributed by atoms with Crippen molar-refractivity contribution in [2.24, 2.45) is 0 Å². The van der Waals surface area contributed by atoms with Gasteiger partial charge in [0.2, 0.25) is 0 Å².